The highest BCUT2D eigenvalue weighted by atomic mass is 35.5. The first-order chi connectivity index (χ1) is 12.6. The second kappa shape index (κ2) is 9.12. The third-order valence-electron chi connectivity index (χ3n) is 3.97. The lowest BCUT2D eigenvalue weighted by molar-refractivity contribution is -0.114. The van der Waals surface area contributed by atoms with E-state index in [2.05, 4.69) is 10.6 Å². The van der Waals surface area contributed by atoms with Gasteiger partial charge in [0.1, 0.15) is 12.4 Å². The monoisotopic (exact) mass is 394 g/mol. The van der Waals surface area contributed by atoms with E-state index >= 15 is 0 Å². The summed E-state index contributed by atoms with van der Waals surface area (Å²) in [5, 5.41) is 6.73. The van der Waals surface area contributed by atoms with Crippen LogP contribution in [0.3, 0.4) is 0 Å². The van der Waals surface area contributed by atoms with Crippen molar-refractivity contribution in [1.29, 1.82) is 0 Å². The molecule has 7 heteroatoms. The van der Waals surface area contributed by atoms with Gasteiger partial charge in [-0.3, -0.25) is 4.79 Å². The van der Waals surface area contributed by atoms with E-state index in [1.54, 1.807) is 18.2 Å². The van der Waals surface area contributed by atoms with Gasteiger partial charge in [-0.15, -0.1) is 0 Å². The molecule has 1 aliphatic rings. The SMILES string of the molecule is O=C(CNc1ccc(OCC2CCCO2)cc1)Nc1cc(Cl)ccc1Cl. The van der Waals surface area contributed by atoms with Crippen molar-refractivity contribution in [2.45, 2.75) is 18.9 Å². The zero-order valence-corrected chi connectivity index (χ0v) is 15.6. The summed E-state index contributed by atoms with van der Waals surface area (Å²) in [5.41, 5.74) is 1.31. The van der Waals surface area contributed by atoms with Gasteiger partial charge in [-0.1, -0.05) is 23.2 Å². The fourth-order valence-corrected chi connectivity index (χ4v) is 2.94. The van der Waals surface area contributed by atoms with Gasteiger partial charge in [0.25, 0.3) is 0 Å². The molecule has 0 aliphatic carbocycles. The average molecular weight is 395 g/mol. The number of nitrogens with one attached hydrogen (secondary N) is 2. The lowest BCUT2D eigenvalue weighted by Crippen LogP contribution is -2.21. The van der Waals surface area contributed by atoms with Crippen molar-refractivity contribution < 1.29 is 14.3 Å². The second-order valence-electron chi connectivity index (χ2n) is 6.00. The van der Waals surface area contributed by atoms with Gasteiger partial charge in [0.05, 0.1) is 23.4 Å². The molecule has 1 saturated heterocycles. The molecule has 2 N–H and O–H groups in total. The van der Waals surface area contributed by atoms with Crippen LogP contribution in [-0.2, 0) is 9.53 Å². The zero-order valence-electron chi connectivity index (χ0n) is 14.1. The Kier molecular flexibility index (Phi) is 6.61. The number of hydrogen-bond acceptors (Lipinski definition) is 4. The summed E-state index contributed by atoms with van der Waals surface area (Å²) in [5.74, 6) is 0.564. The topological polar surface area (TPSA) is 59.6 Å². The van der Waals surface area contributed by atoms with Gasteiger partial charge in [-0.05, 0) is 55.3 Å². The standard InChI is InChI=1S/C19H20Cl2N2O3/c20-13-3-8-17(21)18(10-13)23-19(24)11-22-14-4-6-15(7-5-14)26-12-16-2-1-9-25-16/h3-8,10,16,22H,1-2,9,11-12H2,(H,23,24). The average Bonchev–Trinajstić information content (AvgIpc) is 3.16. The predicted octanol–water partition coefficient (Wildman–Crippen LogP) is 4.60. The van der Waals surface area contributed by atoms with Crippen molar-refractivity contribution >= 4 is 40.5 Å². The predicted molar refractivity (Wildman–Crippen MR) is 104 cm³/mol. The van der Waals surface area contributed by atoms with Gasteiger partial charge in [0.15, 0.2) is 0 Å². The molecule has 2 aromatic carbocycles. The molecule has 5 nitrogen and oxygen atoms in total. The lowest BCUT2D eigenvalue weighted by Gasteiger charge is -2.12. The van der Waals surface area contributed by atoms with Gasteiger partial charge in [0.2, 0.25) is 5.91 Å². The summed E-state index contributed by atoms with van der Waals surface area (Å²) < 4.78 is 11.2. The molecule has 1 fully saturated rings. The molecule has 1 amide bonds. The Balaban J connectivity index is 1.45. The third-order valence-corrected chi connectivity index (χ3v) is 4.53. The number of rotatable bonds is 7. The first-order valence-electron chi connectivity index (χ1n) is 8.43. The largest absolute Gasteiger partial charge is 0.491 e. The molecule has 0 saturated carbocycles. The van der Waals surface area contributed by atoms with Gasteiger partial charge in [-0.25, -0.2) is 0 Å². The quantitative estimate of drug-likeness (QED) is 0.719. The number of anilines is 2. The van der Waals surface area contributed by atoms with Crippen molar-refractivity contribution in [3.8, 4) is 5.75 Å². The van der Waals surface area contributed by atoms with E-state index in [-0.39, 0.29) is 18.6 Å². The minimum absolute atomic E-state index is 0.110. The molecule has 138 valence electrons. The number of benzene rings is 2. The van der Waals surface area contributed by atoms with Crippen LogP contribution >= 0.6 is 23.2 Å². The van der Waals surface area contributed by atoms with Gasteiger partial charge >= 0.3 is 0 Å². The van der Waals surface area contributed by atoms with E-state index in [9.17, 15) is 4.79 Å². The molecule has 2 aromatic rings. The van der Waals surface area contributed by atoms with Crippen LogP contribution in [0.5, 0.6) is 5.75 Å². The normalized spacial score (nSPS) is 16.3. The molecule has 1 aliphatic heterocycles. The van der Waals surface area contributed by atoms with Crippen molar-refractivity contribution in [3.05, 3.63) is 52.5 Å². The number of hydrogen-bond donors (Lipinski definition) is 2. The molecular formula is C19H20Cl2N2O3. The van der Waals surface area contributed by atoms with Crippen LogP contribution in [0.4, 0.5) is 11.4 Å². The fourth-order valence-electron chi connectivity index (χ4n) is 2.60. The van der Waals surface area contributed by atoms with Crippen LogP contribution < -0.4 is 15.4 Å². The molecule has 0 radical (unpaired) electrons. The Labute approximate surface area is 162 Å². The van der Waals surface area contributed by atoms with E-state index in [1.165, 1.54) is 0 Å². The van der Waals surface area contributed by atoms with Crippen LogP contribution in [0.1, 0.15) is 12.8 Å². The Morgan fingerprint density at radius 2 is 2.00 bits per heavy atom. The maximum absolute atomic E-state index is 12.1. The lowest BCUT2D eigenvalue weighted by atomic mass is 10.2. The number of carbonyl (C=O) groups is 1. The molecule has 26 heavy (non-hydrogen) atoms. The van der Waals surface area contributed by atoms with Crippen LogP contribution in [0.2, 0.25) is 10.0 Å². The Morgan fingerprint density at radius 1 is 1.19 bits per heavy atom. The smallest absolute Gasteiger partial charge is 0.243 e. The Morgan fingerprint density at radius 3 is 2.73 bits per heavy atom. The van der Waals surface area contributed by atoms with Crippen molar-refractivity contribution in [3.63, 3.8) is 0 Å². The van der Waals surface area contributed by atoms with Gasteiger partial charge in [0, 0.05) is 17.3 Å². The van der Waals surface area contributed by atoms with Crippen LogP contribution in [0.15, 0.2) is 42.5 Å². The zero-order chi connectivity index (χ0) is 18.4. The minimum Gasteiger partial charge on any atom is -0.491 e. The molecule has 3 rings (SSSR count). The van der Waals surface area contributed by atoms with E-state index in [1.807, 2.05) is 24.3 Å². The summed E-state index contributed by atoms with van der Waals surface area (Å²) in [6.45, 7) is 1.49. The third kappa shape index (κ3) is 5.53. The first-order valence-corrected chi connectivity index (χ1v) is 9.19. The summed E-state index contributed by atoms with van der Waals surface area (Å²) in [6, 6.07) is 12.4. The maximum atomic E-state index is 12.1. The van der Waals surface area contributed by atoms with Crippen LogP contribution in [0.25, 0.3) is 0 Å². The summed E-state index contributed by atoms with van der Waals surface area (Å²) in [6.07, 6.45) is 2.33. The summed E-state index contributed by atoms with van der Waals surface area (Å²) in [7, 11) is 0. The minimum atomic E-state index is -0.215. The van der Waals surface area contributed by atoms with E-state index in [4.69, 9.17) is 32.7 Å². The highest BCUT2D eigenvalue weighted by molar-refractivity contribution is 6.35. The van der Waals surface area contributed by atoms with E-state index < -0.39 is 0 Å². The van der Waals surface area contributed by atoms with Crippen molar-refractivity contribution in [2.75, 3.05) is 30.4 Å². The van der Waals surface area contributed by atoms with Gasteiger partial charge in [-0.2, -0.15) is 0 Å². The molecule has 0 spiro atoms. The number of ether oxygens (including phenoxy) is 2. The molecule has 1 atom stereocenters. The fraction of sp³-hybridized carbons (Fsp3) is 0.316. The summed E-state index contributed by atoms with van der Waals surface area (Å²) in [4.78, 5) is 12.1. The number of amides is 1. The molecular weight excluding hydrogens is 375 g/mol. The van der Waals surface area contributed by atoms with Gasteiger partial charge < -0.3 is 20.1 Å². The van der Waals surface area contributed by atoms with Crippen molar-refractivity contribution in [2.24, 2.45) is 0 Å². The Hall–Kier alpha value is -1.95. The molecule has 0 bridgehead atoms. The van der Waals surface area contributed by atoms with E-state index in [0.29, 0.717) is 22.3 Å². The number of carbonyl (C=O) groups excluding carboxylic acids is 1. The maximum Gasteiger partial charge on any atom is 0.243 e. The van der Waals surface area contributed by atoms with Crippen LogP contribution in [-0.4, -0.2) is 31.8 Å². The van der Waals surface area contributed by atoms with Crippen molar-refractivity contribution in [1.82, 2.24) is 0 Å². The van der Waals surface area contributed by atoms with Crippen LogP contribution in [0, 0.1) is 0 Å². The molecule has 0 aromatic heterocycles. The Bertz CT molecular complexity index is 747. The molecule has 1 heterocycles. The highest BCUT2D eigenvalue weighted by Gasteiger charge is 2.15. The highest BCUT2D eigenvalue weighted by Crippen LogP contribution is 2.25. The second-order valence-corrected chi connectivity index (χ2v) is 6.84. The number of halogens is 2. The van der Waals surface area contributed by atoms with E-state index in [0.717, 1.165) is 30.9 Å². The molecule has 1 unspecified atom stereocenters. The summed E-state index contributed by atoms with van der Waals surface area (Å²) >= 11 is 11.9. The first kappa shape index (κ1) is 18.8.